The number of hydrogen-bond donors (Lipinski definition) is 1. The monoisotopic (exact) mass is 229 g/mol. The number of aliphatic hydroxyl groups excluding tert-OH is 1. The molecule has 2 rings (SSSR count). The Morgan fingerprint density at radius 1 is 1.47 bits per heavy atom. The third kappa shape index (κ3) is 2.32. The lowest BCUT2D eigenvalue weighted by Crippen LogP contribution is -2.25. The number of hydrogen-bond acceptors (Lipinski definition) is 2. The highest BCUT2D eigenvalue weighted by Gasteiger charge is 2.30. The van der Waals surface area contributed by atoms with Crippen LogP contribution in [0.5, 0.6) is 0 Å². The van der Waals surface area contributed by atoms with E-state index in [1.54, 1.807) is 4.90 Å². The van der Waals surface area contributed by atoms with Crippen LogP contribution in [0, 0.1) is 18.3 Å². The topological polar surface area (TPSA) is 40.5 Å². The van der Waals surface area contributed by atoms with Gasteiger partial charge in [-0.1, -0.05) is 18.2 Å². The molecule has 1 atom stereocenters. The van der Waals surface area contributed by atoms with E-state index in [1.165, 1.54) is 0 Å². The molecule has 0 aliphatic carbocycles. The van der Waals surface area contributed by atoms with E-state index >= 15 is 0 Å². The van der Waals surface area contributed by atoms with Crippen molar-refractivity contribution in [3.05, 3.63) is 29.8 Å². The second kappa shape index (κ2) is 5.03. The molecule has 0 aromatic heterocycles. The summed E-state index contributed by atoms with van der Waals surface area (Å²) >= 11 is 0. The van der Waals surface area contributed by atoms with Gasteiger partial charge < -0.3 is 10.0 Å². The van der Waals surface area contributed by atoms with Crippen LogP contribution in [0.4, 0.5) is 5.69 Å². The molecule has 88 valence electrons. The predicted octanol–water partition coefficient (Wildman–Crippen LogP) is 1.21. The second-order valence-electron chi connectivity index (χ2n) is 4.17. The fourth-order valence-corrected chi connectivity index (χ4v) is 2.16. The van der Waals surface area contributed by atoms with Crippen LogP contribution in [0.1, 0.15) is 12.0 Å². The lowest BCUT2D eigenvalue weighted by molar-refractivity contribution is -0.117. The Bertz CT molecular complexity index is 462. The van der Waals surface area contributed by atoms with Gasteiger partial charge in [-0.3, -0.25) is 4.79 Å². The summed E-state index contributed by atoms with van der Waals surface area (Å²) in [5, 5.41) is 9.02. The van der Waals surface area contributed by atoms with Crippen LogP contribution >= 0.6 is 0 Å². The number of anilines is 1. The average molecular weight is 229 g/mol. The Balaban J connectivity index is 2.28. The second-order valence-corrected chi connectivity index (χ2v) is 4.17. The van der Waals surface area contributed by atoms with Gasteiger partial charge in [0.1, 0.15) is 0 Å². The molecule has 1 aromatic carbocycles. The van der Waals surface area contributed by atoms with Crippen LogP contribution < -0.4 is 4.90 Å². The summed E-state index contributed by atoms with van der Waals surface area (Å²) in [6, 6.07) is 7.64. The number of para-hydroxylation sites is 1. The van der Waals surface area contributed by atoms with Gasteiger partial charge in [-0.25, -0.2) is 0 Å². The van der Waals surface area contributed by atoms with E-state index in [9.17, 15) is 4.79 Å². The summed E-state index contributed by atoms with van der Waals surface area (Å²) in [7, 11) is 0. The first kappa shape index (κ1) is 11.7. The Kier molecular flexibility index (Phi) is 3.46. The molecule has 1 N–H and O–H groups in total. The highest BCUT2D eigenvalue weighted by Crippen LogP contribution is 2.27. The van der Waals surface area contributed by atoms with E-state index in [2.05, 4.69) is 5.92 Å². The molecule has 0 radical (unpaired) electrons. The maximum Gasteiger partial charge on any atom is 0.228 e. The van der Waals surface area contributed by atoms with Gasteiger partial charge in [-0.2, -0.15) is 0 Å². The molecule has 17 heavy (non-hydrogen) atoms. The van der Waals surface area contributed by atoms with E-state index in [4.69, 9.17) is 11.5 Å². The minimum atomic E-state index is 0.00434. The molecule has 1 saturated heterocycles. The molecule has 0 saturated carbocycles. The summed E-state index contributed by atoms with van der Waals surface area (Å²) in [6.07, 6.45) is 6.34. The van der Waals surface area contributed by atoms with Crippen LogP contribution in [-0.4, -0.2) is 24.2 Å². The van der Waals surface area contributed by atoms with E-state index in [0.29, 0.717) is 19.4 Å². The minimum absolute atomic E-state index is 0.00434. The molecular weight excluding hydrogens is 214 g/mol. The van der Waals surface area contributed by atoms with Gasteiger partial charge in [-0.05, 0) is 18.1 Å². The lowest BCUT2D eigenvalue weighted by atomic mass is 10.1. The Morgan fingerprint density at radius 2 is 2.24 bits per heavy atom. The zero-order valence-electron chi connectivity index (χ0n) is 9.60. The fourth-order valence-electron chi connectivity index (χ4n) is 2.16. The first-order chi connectivity index (χ1) is 8.26. The van der Waals surface area contributed by atoms with Crippen molar-refractivity contribution >= 4 is 11.6 Å². The van der Waals surface area contributed by atoms with Crippen LogP contribution in [0.15, 0.2) is 24.3 Å². The summed E-state index contributed by atoms with van der Waals surface area (Å²) in [5.41, 5.74) is 1.87. The van der Waals surface area contributed by atoms with Crippen molar-refractivity contribution in [2.75, 3.05) is 18.1 Å². The van der Waals surface area contributed by atoms with Crippen molar-refractivity contribution in [1.29, 1.82) is 0 Å². The first-order valence-corrected chi connectivity index (χ1v) is 5.71. The number of benzene rings is 1. The molecule has 3 heteroatoms. The normalized spacial score (nSPS) is 19.4. The summed E-state index contributed by atoms with van der Waals surface area (Å²) < 4.78 is 0. The third-order valence-corrected chi connectivity index (χ3v) is 3.02. The average Bonchev–Trinajstić information content (AvgIpc) is 2.72. The molecular formula is C14H15NO2. The Morgan fingerprint density at radius 3 is 2.88 bits per heavy atom. The highest BCUT2D eigenvalue weighted by molar-refractivity contribution is 5.96. The van der Waals surface area contributed by atoms with Crippen molar-refractivity contribution in [1.82, 2.24) is 0 Å². The number of aliphatic hydroxyl groups is 1. The maximum atomic E-state index is 11.9. The first-order valence-electron chi connectivity index (χ1n) is 5.71. The Labute approximate surface area is 101 Å². The van der Waals surface area contributed by atoms with E-state index in [-0.39, 0.29) is 18.4 Å². The zero-order chi connectivity index (χ0) is 12.3. The minimum Gasteiger partial charge on any atom is -0.396 e. The van der Waals surface area contributed by atoms with Crippen LogP contribution in [0.2, 0.25) is 0 Å². The molecule has 1 unspecified atom stereocenters. The lowest BCUT2D eigenvalue weighted by Gasteiger charge is -2.19. The van der Waals surface area contributed by atoms with Crippen molar-refractivity contribution in [3.63, 3.8) is 0 Å². The van der Waals surface area contributed by atoms with Crippen LogP contribution in [0.25, 0.3) is 0 Å². The van der Waals surface area contributed by atoms with E-state index in [1.807, 2.05) is 24.3 Å². The molecule has 0 bridgehead atoms. The number of rotatable bonds is 3. The highest BCUT2D eigenvalue weighted by atomic mass is 16.3. The number of nitrogens with zero attached hydrogens (tertiary/aromatic N) is 1. The molecule has 1 aliphatic rings. The van der Waals surface area contributed by atoms with Crippen LogP contribution in [-0.2, 0) is 11.2 Å². The van der Waals surface area contributed by atoms with Crippen molar-refractivity contribution in [3.8, 4) is 12.3 Å². The maximum absolute atomic E-state index is 11.9. The molecule has 3 nitrogen and oxygen atoms in total. The van der Waals surface area contributed by atoms with Gasteiger partial charge in [0.15, 0.2) is 0 Å². The van der Waals surface area contributed by atoms with E-state index < -0.39 is 0 Å². The molecule has 1 fully saturated rings. The Hall–Kier alpha value is -1.79. The number of carbonyl (C=O) groups excluding carboxylic acids is 1. The number of terminal acetylenes is 1. The largest absolute Gasteiger partial charge is 0.396 e. The molecule has 1 aliphatic heterocycles. The standard InChI is InChI=1S/C14H15NO2/c1-2-11-9-14(17)15(10-11)13-6-4-3-5-12(13)7-8-16/h1,3-6,11,16H,7-10H2. The van der Waals surface area contributed by atoms with Gasteiger partial charge in [0.25, 0.3) is 0 Å². The fraction of sp³-hybridized carbons (Fsp3) is 0.357. The van der Waals surface area contributed by atoms with Gasteiger partial charge in [0.05, 0.1) is 0 Å². The smallest absolute Gasteiger partial charge is 0.228 e. The summed E-state index contributed by atoms with van der Waals surface area (Å²) in [6.45, 7) is 0.662. The SMILES string of the molecule is C#CC1CC(=O)N(c2ccccc2CCO)C1. The number of amides is 1. The van der Waals surface area contributed by atoms with Gasteiger partial charge >= 0.3 is 0 Å². The van der Waals surface area contributed by atoms with Gasteiger partial charge in [0, 0.05) is 31.2 Å². The predicted molar refractivity (Wildman–Crippen MR) is 66.5 cm³/mol. The van der Waals surface area contributed by atoms with Gasteiger partial charge in [0.2, 0.25) is 5.91 Å². The van der Waals surface area contributed by atoms with Crippen molar-refractivity contribution < 1.29 is 9.90 Å². The molecule has 1 heterocycles. The van der Waals surface area contributed by atoms with Crippen LogP contribution in [0.3, 0.4) is 0 Å². The summed E-state index contributed by atoms with van der Waals surface area (Å²) in [4.78, 5) is 13.6. The zero-order valence-corrected chi connectivity index (χ0v) is 9.60. The van der Waals surface area contributed by atoms with Crippen molar-refractivity contribution in [2.24, 2.45) is 5.92 Å². The molecule has 0 spiro atoms. The third-order valence-electron chi connectivity index (χ3n) is 3.02. The quantitative estimate of drug-likeness (QED) is 0.791. The van der Waals surface area contributed by atoms with Gasteiger partial charge in [-0.15, -0.1) is 12.3 Å². The number of carbonyl (C=O) groups is 1. The molecule has 1 amide bonds. The molecule has 1 aromatic rings. The summed E-state index contributed by atoms with van der Waals surface area (Å²) in [5.74, 6) is 2.71. The van der Waals surface area contributed by atoms with Crippen molar-refractivity contribution in [2.45, 2.75) is 12.8 Å². The van der Waals surface area contributed by atoms with E-state index in [0.717, 1.165) is 11.3 Å².